The van der Waals surface area contributed by atoms with Gasteiger partial charge >= 0.3 is 0 Å². The number of nitrogens with zero attached hydrogens (tertiary/aromatic N) is 1. The molecule has 0 spiro atoms. The van der Waals surface area contributed by atoms with Gasteiger partial charge in [-0.15, -0.1) is 0 Å². The highest BCUT2D eigenvalue weighted by atomic mass is 16.5. The third-order valence-corrected chi connectivity index (χ3v) is 2.40. The van der Waals surface area contributed by atoms with Crippen LogP contribution in [0.2, 0.25) is 0 Å². The van der Waals surface area contributed by atoms with Crippen LogP contribution in [-0.4, -0.2) is 43.8 Å². The van der Waals surface area contributed by atoms with Crippen LogP contribution in [-0.2, 0) is 14.3 Å². The molecule has 6 nitrogen and oxygen atoms in total. The van der Waals surface area contributed by atoms with Gasteiger partial charge in [0.15, 0.2) is 0 Å². The van der Waals surface area contributed by atoms with Crippen molar-refractivity contribution in [3.8, 4) is 0 Å². The van der Waals surface area contributed by atoms with E-state index in [1.54, 1.807) is 38.3 Å². The van der Waals surface area contributed by atoms with Crippen LogP contribution in [0.3, 0.4) is 0 Å². The van der Waals surface area contributed by atoms with Crippen molar-refractivity contribution in [2.45, 2.75) is 6.92 Å². The molecule has 0 saturated heterocycles. The molecule has 1 aromatic rings. The number of nitrogens with one attached hydrogen (secondary N) is 1. The van der Waals surface area contributed by atoms with Crippen molar-refractivity contribution < 1.29 is 19.5 Å². The van der Waals surface area contributed by atoms with E-state index in [9.17, 15) is 4.79 Å². The Bertz CT molecular complexity index is 429. The molecular formula is C13H18N2O4. The molecule has 0 unspecified atom stereocenters. The van der Waals surface area contributed by atoms with E-state index in [0.29, 0.717) is 24.6 Å². The summed E-state index contributed by atoms with van der Waals surface area (Å²) in [6, 6.07) is 6.99. The summed E-state index contributed by atoms with van der Waals surface area (Å²) in [4.78, 5) is 11.5. The highest BCUT2D eigenvalue weighted by Crippen LogP contribution is 2.10. The van der Waals surface area contributed by atoms with E-state index in [0.717, 1.165) is 5.56 Å². The van der Waals surface area contributed by atoms with Crippen LogP contribution >= 0.6 is 0 Å². The first-order valence-corrected chi connectivity index (χ1v) is 5.83. The minimum atomic E-state index is -0.226. The molecule has 0 aliphatic heterocycles. The van der Waals surface area contributed by atoms with E-state index in [4.69, 9.17) is 14.7 Å². The predicted molar refractivity (Wildman–Crippen MR) is 71.8 cm³/mol. The largest absolute Gasteiger partial charge is 0.411 e. The van der Waals surface area contributed by atoms with E-state index in [-0.39, 0.29) is 12.5 Å². The van der Waals surface area contributed by atoms with Crippen LogP contribution in [0.5, 0.6) is 0 Å². The summed E-state index contributed by atoms with van der Waals surface area (Å²) in [5.74, 6) is -0.226. The smallest absolute Gasteiger partial charge is 0.250 e. The summed E-state index contributed by atoms with van der Waals surface area (Å²) in [5, 5.41) is 14.4. The highest BCUT2D eigenvalue weighted by Gasteiger charge is 2.03. The lowest BCUT2D eigenvalue weighted by Gasteiger charge is -2.07. The van der Waals surface area contributed by atoms with Crippen molar-refractivity contribution in [3.63, 3.8) is 0 Å². The van der Waals surface area contributed by atoms with E-state index in [1.807, 2.05) is 0 Å². The fourth-order valence-electron chi connectivity index (χ4n) is 1.36. The lowest BCUT2D eigenvalue weighted by molar-refractivity contribution is -0.121. The van der Waals surface area contributed by atoms with Gasteiger partial charge in [-0.25, -0.2) is 0 Å². The molecule has 0 bridgehead atoms. The second kappa shape index (κ2) is 8.23. The average Bonchev–Trinajstić information content (AvgIpc) is 2.43. The van der Waals surface area contributed by atoms with Gasteiger partial charge in [0.05, 0.1) is 18.9 Å². The monoisotopic (exact) mass is 266 g/mol. The third-order valence-electron chi connectivity index (χ3n) is 2.40. The maximum atomic E-state index is 11.5. The molecule has 0 heterocycles. The van der Waals surface area contributed by atoms with Gasteiger partial charge in [0.25, 0.3) is 0 Å². The summed E-state index contributed by atoms with van der Waals surface area (Å²) in [6.07, 6.45) is 0. The van der Waals surface area contributed by atoms with E-state index in [2.05, 4.69) is 10.5 Å². The quantitative estimate of drug-likeness (QED) is 0.339. The molecule has 0 fully saturated rings. The van der Waals surface area contributed by atoms with Gasteiger partial charge in [-0.05, 0) is 24.6 Å². The van der Waals surface area contributed by atoms with Crippen molar-refractivity contribution in [1.29, 1.82) is 0 Å². The second-order valence-electron chi connectivity index (χ2n) is 3.86. The van der Waals surface area contributed by atoms with Crippen LogP contribution < -0.4 is 5.32 Å². The van der Waals surface area contributed by atoms with Gasteiger partial charge < -0.3 is 20.0 Å². The third kappa shape index (κ3) is 5.50. The Morgan fingerprint density at radius 2 is 2.00 bits per heavy atom. The molecule has 2 N–H and O–H groups in total. The normalized spacial score (nSPS) is 11.4. The van der Waals surface area contributed by atoms with Gasteiger partial charge in [-0.3, -0.25) is 4.79 Å². The Labute approximate surface area is 112 Å². The number of oxime groups is 1. The molecule has 0 radical (unpaired) electrons. The van der Waals surface area contributed by atoms with Crippen LogP contribution in [0.25, 0.3) is 0 Å². The number of hydrogen-bond donors (Lipinski definition) is 2. The van der Waals surface area contributed by atoms with E-state index < -0.39 is 0 Å². The molecule has 104 valence electrons. The maximum Gasteiger partial charge on any atom is 0.250 e. The molecule has 0 aliphatic carbocycles. The lowest BCUT2D eigenvalue weighted by Crippen LogP contribution is -2.19. The first kappa shape index (κ1) is 15.1. The molecule has 19 heavy (non-hydrogen) atoms. The Morgan fingerprint density at radius 3 is 2.58 bits per heavy atom. The minimum absolute atomic E-state index is 0.0117. The Hall–Kier alpha value is -1.92. The van der Waals surface area contributed by atoms with Crippen molar-refractivity contribution >= 4 is 17.3 Å². The lowest BCUT2D eigenvalue weighted by atomic mass is 10.1. The number of carbonyl (C=O) groups excluding carboxylic acids is 1. The van der Waals surface area contributed by atoms with E-state index >= 15 is 0 Å². The number of methoxy groups -OCH3 is 1. The number of carbonyl (C=O) groups is 1. The standard InChI is InChI=1S/C13H18N2O4/c1-10(15-17)11-3-5-12(6-4-11)14-13(16)9-19-8-7-18-2/h3-6,17H,7-9H2,1-2H3,(H,14,16)/b15-10+. The first-order valence-electron chi connectivity index (χ1n) is 5.83. The Balaban J connectivity index is 2.42. The summed E-state index contributed by atoms with van der Waals surface area (Å²) in [7, 11) is 1.57. The highest BCUT2D eigenvalue weighted by molar-refractivity contribution is 5.99. The molecule has 0 aliphatic rings. The number of rotatable bonds is 7. The molecule has 1 amide bonds. The number of ether oxygens (including phenoxy) is 2. The predicted octanol–water partition coefficient (Wildman–Crippen LogP) is 1.49. The van der Waals surface area contributed by atoms with Gasteiger partial charge in [-0.2, -0.15) is 0 Å². The van der Waals surface area contributed by atoms with Crippen LogP contribution in [0.4, 0.5) is 5.69 Å². The second-order valence-corrected chi connectivity index (χ2v) is 3.86. The fourth-order valence-corrected chi connectivity index (χ4v) is 1.36. The maximum absolute atomic E-state index is 11.5. The SMILES string of the molecule is COCCOCC(=O)Nc1ccc(/C(C)=N/O)cc1. The number of amides is 1. The minimum Gasteiger partial charge on any atom is -0.411 e. The number of benzene rings is 1. The van der Waals surface area contributed by atoms with E-state index in [1.165, 1.54) is 0 Å². The van der Waals surface area contributed by atoms with Crippen molar-refractivity contribution in [1.82, 2.24) is 0 Å². The van der Waals surface area contributed by atoms with Gasteiger partial charge in [0, 0.05) is 12.8 Å². The topological polar surface area (TPSA) is 80.2 Å². The fraction of sp³-hybridized carbons (Fsp3) is 0.385. The summed E-state index contributed by atoms with van der Waals surface area (Å²) >= 11 is 0. The van der Waals surface area contributed by atoms with Crippen LogP contribution in [0.15, 0.2) is 29.4 Å². The molecule has 0 atom stereocenters. The Kier molecular flexibility index (Phi) is 6.56. The zero-order valence-electron chi connectivity index (χ0n) is 11.0. The zero-order valence-corrected chi connectivity index (χ0v) is 11.0. The average molecular weight is 266 g/mol. The Morgan fingerprint density at radius 1 is 1.32 bits per heavy atom. The molecule has 1 aromatic carbocycles. The van der Waals surface area contributed by atoms with Crippen molar-refractivity contribution in [2.24, 2.45) is 5.16 Å². The van der Waals surface area contributed by atoms with Crippen LogP contribution in [0.1, 0.15) is 12.5 Å². The van der Waals surface area contributed by atoms with Crippen molar-refractivity contribution in [2.75, 3.05) is 32.2 Å². The molecule has 6 heteroatoms. The van der Waals surface area contributed by atoms with Crippen LogP contribution in [0, 0.1) is 0 Å². The molecule has 0 saturated carbocycles. The zero-order chi connectivity index (χ0) is 14.1. The first-order chi connectivity index (χ1) is 9.17. The summed E-state index contributed by atoms with van der Waals surface area (Å²) in [6.45, 7) is 2.52. The molecular weight excluding hydrogens is 248 g/mol. The molecule has 1 rings (SSSR count). The summed E-state index contributed by atoms with van der Waals surface area (Å²) in [5.41, 5.74) is 1.97. The van der Waals surface area contributed by atoms with Gasteiger partial charge in [-0.1, -0.05) is 17.3 Å². The van der Waals surface area contributed by atoms with Gasteiger partial charge in [0.2, 0.25) is 5.91 Å². The van der Waals surface area contributed by atoms with Crippen molar-refractivity contribution in [3.05, 3.63) is 29.8 Å². The summed E-state index contributed by atoms with van der Waals surface area (Å²) < 4.78 is 9.90. The van der Waals surface area contributed by atoms with Gasteiger partial charge in [0.1, 0.15) is 6.61 Å². The molecule has 0 aromatic heterocycles. The number of hydrogen-bond acceptors (Lipinski definition) is 5. The number of anilines is 1.